The monoisotopic (exact) mass is 285 g/mol. The molecule has 0 aliphatic heterocycles. The van der Waals surface area contributed by atoms with Crippen molar-refractivity contribution >= 4 is 24.4 Å². The van der Waals surface area contributed by atoms with Crippen LogP contribution in [0.15, 0.2) is 55.1 Å². The molecule has 1 unspecified atom stereocenters. The summed E-state index contributed by atoms with van der Waals surface area (Å²) in [5.41, 5.74) is 2.39. The number of aromatic nitrogens is 4. The van der Waals surface area contributed by atoms with Gasteiger partial charge in [-0.15, -0.1) is 0 Å². The molecule has 0 bridgehead atoms. The van der Waals surface area contributed by atoms with Gasteiger partial charge in [0.2, 0.25) is 0 Å². The van der Waals surface area contributed by atoms with Crippen LogP contribution in [0.1, 0.15) is 0 Å². The molecule has 0 spiro atoms. The maximum absolute atomic E-state index is 4.60. The molecule has 0 saturated heterocycles. The van der Waals surface area contributed by atoms with E-state index >= 15 is 0 Å². The van der Waals surface area contributed by atoms with Gasteiger partial charge in [-0.2, -0.15) is 0 Å². The molecule has 0 saturated carbocycles. The first-order chi connectivity index (χ1) is 9.68. The van der Waals surface area contributed by atoms with Crippen LogP contribution in [0, 0.1) is 0 Å². The summed E-state index contributed by atoms with van der Waals surface area (Å²) >= 11 is 0. The third-order valence-corrected chi connectivity index (χ3v) is 6.03. The van der Waals surface area contributed by atoms with Gasteiger partial charge < -0.3 is 4.57 Å². The highest BCUT2D eigenvalue weighted by molar-refractivity contribution is 7.78. The average molecular weight is 285 g/mol. The van der Waals surface area contributed by atoms with Crippen LogP contribution in [-0.2, 0) is 21.1 Å². The number of benzene rings is 1. The van der Waals surface area contributed by atoms with Gasteiger partial charge in [0.1, 0.15) is 25.9 Å². The fraction of sp³-hybridized carbons (Fsp3) is 0.200. The highest BCUT2D eigenvalue weighted by atomic mass is 31.1. The Morgan fingerprint density at radius 2 is 1.80 bits per heavy atom. The summed E-state index contributed by atoms with van der Waals surface area (Å²) in [6, 6.07) is 10.6. The predicted octanol–water partition coefficient (Wildman–Crippen LogP) is 0.341. The first-order valence-electron chi connectivity index (χ1n) is 6.52. The summed E-state index contributed by atoms with van der Waals surface area (Å²) in [5.74, 6) is 0. The molecule has 3 rings (SSSR count). The van der Waals surface area contributed by atoms with Crippen molar-refractivity contribution in [3.63, 3.8) is 0 Å². The zero-order chi connectivity index (χ0) is 14.1. The van der Waals surface area contributed by atoms with E-state index in [1.807, 2.05) is 12.4 Å². The SMILES string of the molecule is Cn1ccnc1P(c1ccccc1)c1n(C)cc[n+]1C. The first kappa shape index (κ1) is 13.1. The summed E-state index contributed by atoms with van der Waals surface area (Å²) in [6.07, 6.45) is 8.07. The minimum atomic E-state index is -0.657. The van der Waals surface area contributed by atoms with Gasteiger partial charge in [0.05, 0.1) is 14.1 Å². The molecule has 1 atom stereocenters. The molecule has 3 aromatic rings. The lowest BCUT2D eigenvalue weighted by atomic mass is 10.4. The lowest BCUT2D eigenvalue weighted by molar-refractivity contribution is -0.652. The van der Waals surface area contributed by atoms with Crippen molar-refractivity contribution in [3.8, 4) is 0 Å². The summed E-state index contributed by atoms with van der Waals surface area (Å²) in [5, 5.41) is 1.31. The molecule has 102 valence electrons. The van der Waals surface area contributed by atoms with E-state index in [0.29, 0.717) is 0 Å². The molecule has 0 aliphatic rings. The number of imidazole rings is 2. The van der Waals surface area contributed by atoms with Gasteiger partial charge in [-0.05, 0) is 5.30 Å². The Morgan fingerprint density at radius 1 is 1.05 bits per heavy atom. The molecule has 0 N–H and O–H groups in total. The maximum atomic E-state index is 4.60. The van der Waals surface area contributed by atoms with Crippen molar-refractivity contribution in [1.82, 2.24) is 14.1 Å². The van der Waals surface area contributed by atoms with Crippen LogP contribution >= 0.6 is 7.92 Å². The van der Waals surface area contributed by atoms with Crippen LogP contribution in [0.25, 0.3) is 0 Å². The molecule has 2 aromatic heterocycles. The van der Waals surface area contributed by atoms with Crippen LogP contribution in [0.3, 0.4) is 0 Å². The molecule has 0 fully saturated rings. The Hall–Kier alpha value is -1.93. The van der Waals surface area contributed by atoms with Crippen molar-refractivity contribution in [2.24, 2.45) is 21.1 Å². The Bertz CT molecular complexity index is 695. The minimum Gasteiger partial charge on any atom is -0.334 e. The third kappa shape index (κ3) is 2.16. The normalized spacial score (nSPS) is 12.6. The summed E-state index contributed by atoms with van der Waals surface area (Å²) < 4.78 is 6.49. The van der Waals surface area contributed by atoms with Crippen LogP contribution in [0.5, 0.6) is 0 Å². The van der Waals surface area contributed by atoms with Crippen molar-refractivity contribution in [2.45, 2.75) is 0 Å². The first-order valence-corrected chi connectivity index (χ1v) is 7.86. The maximum Gasteiger partial charge on any atom is 0.288 e. The number of hydrogen-bond donors (Lipinski definition) is 0. The molecule has 0 aliphatic carbocycles. The second-order valence-electron chi connectivity index (χ2n) is 4.83. The summed E-state index contributed by atoms with van der Waals surface area (Å²) in [4.78, 5) is 4.60. The van der Waals surface area contributed by atoms with Crippen LogP contribution in [0.2, 0.25) is 0 Å². The topological polar surface area (TPSA) is 26.6 Å². The highest BCUT2D eigenvalue weighted by Gasteiger charge is 2.30. The standard InChI is InChI=1S/C15H18N4P/c1-17-10-9-16-14(17)20(13-7-5-4-6-8-13)15-18(2)11-12-19(15)3/h4-12H,1-3H3/q+1. The Morgan fingerprint density at radius 3 is 2.35 bits per heavy atom. The van der Waals surface area contributed by atoms with Gasteiger partial charge in [0.15, 0.2) is 0 Å². The second kappa shape index (κ2) is 5.22. The predicted molar refractivity (Wildman–Crippen MR) is 82.1 cm³/mol. The van der Waals surface area contributed by atoms with Gasteiger partial charge in [-0.1, -0.05) is 30.3 Å². The molecule has 2 heterocycles. The lowest BCUT2D eigenvalue weighted by Crippen LogP contribution is -2.48. The summed E-state index contributed by atoms with van der Waals surface area (Å²) in [7, 11) is 5.59. The van der Waals surface area contributed by atoms with Crippen molar-refractivity contribution in [2.75, 3.05) is 0 Å². The van der Waals surface area contributed by atoms with Crippen molar-refractivity contribution in [3.05, 3.63) is 55.1 Å². The smallest absolute Gasteiger partial charge is 0.288 e. The van der Waals surface area contributed by atoms with E-state index in [-0.39, 0.29) is 0 Å². The molecule has 0 radical (unpaired) electrons. The molecule has 4 nitrogen and oxygen atoms in total. The van der Waals surface area contributed by atoms with Gasteiger partial charge in [-0.25, -0.2) is 14.1 Å². The number of hydrogen-bond acceptors (Lipinski definition) is 1. The third-order valence-electron chi connectivity index (χ3n) is 3.35. The summed E-state index contributed by atoms with van der Waals surface area (Å²) in [6.45, 7) is 0. The number of rotatable bonds is 3. The van der Waals surface area contributed by atoms with E-state index in [9.17, 15) is 0 Å². The van der Waals surface area contributed by atoms with Gasteiger partial charge >= 0.3 is 0 Å². The second-order valence-corrected chi connectivity index (χ2v) is 6.82. The highest BCUT2D eigenvalue weighted by Crippen LogP contribution is 2.29. The molecule has 1 aromatic carbocycles. The van der Waals surface area contributed by atoms with Gasteiger partial charge in [-0.3, -0.25) is 0 Å². The molecular weight excluding hydrogens is 267 g/mol. The zero-order valence-corrected chi connectivity index (χ0v) is 12.8. The average Bonchev–Trinajstić information content (AvgIpc) is 3.01. The van der Waals surface area contributed by atoms with Gasteiger partial charge in [0.25, 0.3) is 5.57 Å². The lowest BCUT2D eigenvalue weighted by Gasteiger charge is -2.14. The molecule has 5 heteroatoms. The van der Waals surface area contributed by atoms with Crippen LogP contribution in [0.4, 0.5) is 0 Å². The largest absolute Gasteiger partial charge is 0.334 e. The minimum absolute atomic E-state index is 0.657. The fourth-order valence-corrected chi connectivity index (χ4v) is 4.81. The molecule has 0 amide bonds. The van der Waals surface area contributed by atoms with Crippen LogP contribution < -0.4 is 21.0 Å². The number of nitrogens with zero attached hydrogens (tertiary/aromatic N) is 4. The number of aryl methyl sites for hydroxylation is 3. The quantitative estimate of drug-likeness (QED) is 0.503. The van der Waals surface area contributed by atoms with E-state index in [0.717, 1.165) is 5.57 Å². The Labute approximate surface area is 120 Å². The van der Waals surface area contributed by atoms with Crippen molar-refractivity contribution < 1.29 is 4.57 Å². The van der Waals surface area contributed by atoms with E-state index in [4.69, 9.17) is 0 Å². The van der Waals surface area contributed by atoms with E-state index in [2.05, 4.69) is 82.6 Å². The van der Waals surface area contributed by atoms with E-state index in [1.165, 1.54) is 10.9 Å². The molecule has 20 heavy (non-hydrogen) atoms. The van der Waals surface area contributed by atoms with Crippen LogP contribution in [-0.4, -0.2) is 14.1 Å². The van der Waals surface area contributed by atoms with Crippen molar-refractivity contribution in [1.29, 1.82) is 0 Å². The van der Waals surface area contributed by atoms with E-state index < -0.39 is 7.92 Å². The van der Waals surface area contributed by atoms with Gasteiger partial charge in [0, 0.05) is 19.4 Å². The fourth-order valence-electron chi connectivity index (χ4n) is 2.37. The molecular formula is C15H18N4P+. The zero-order valence-electron chi connectivity index (χ0n) is 11.9. The Kier molecular flexibility index (Phi) is 3.41. The van der Waals surface area contributed by atoms with E-state index in [1.54, 1.807) is 0 Å². The Balaban J connectivity index is 2.22.